The van der Waals surface area contributed by atoms with E-state index >= 15 is 0 Å². The highest BCUT2D eigenvalue weighted by Gasteiger charge is 2.13. The van der Waals surface area contributed by atoms with Gasteiger partial charge >= 0.3 is 0 Å². The highest BCUT2D eigenvalue weighted by Crippen LogP contribution is 2.28. The minimum atomic E-state index is -3.27. The maximum Gasteiger partial charge on any atom is 0.257 e. The number of aromatic nitrogens is 1. The fraction of sp³-hybridized carbons (Fsp3) is 0.176. The lowest BCUT2D eigenvalue weighted by Gasteiger charge is -2.03. The van der Waals surface area contributed by atoms with Crippen molar-refractivity contribution in [3.05, 3.63) is 53.6 Å². The average molecular weight is 360 g/mol. The van der Waals surface area contributed by atoms with Gasteiger partial charge in [-0.1, -0.05) is 30.4 Å². The van der Waals surface area contributed by atoms with E-state index in [0.717, 1.165) is 28.5 Å². The van der Waals surface area contributed by atoms with E-state index in [1.807, 2.05) is 18.2 Å². The average Bonchev–Trinajstić information content (AvgIpc) is 2.96. The Morgan fingerprint density at radius 1 is 1.17 bits per heavy atom. The molecular formula is C17H16N2O3S2. The Morgan fingerprint density at radius 2 is 1.88 bits per heavy atom. The van der Waals surface area contributed by atoms with Crippen molar-refractivity contribution in [1.29, 1.82) is 0 Å². The van der Waals surface area contributed by atoms with Gasteiger partial charge in [-0.2, -0.15) is 0 Å². The van der Waals surface area contributed by atoms with Gasteiger partial charge in [0, 0.05) is 11.8 Å². The van der Waals surface area contributed by atoms with Crippen LogP contribution >= 0.6 is 11.3 Å². The molecule has 0 atom stereocenters. The first-order valence-corrected chi connectivity index (χ1v) is 10.1. The topological polar surface area (TPSA) is 76.1 Å². The molecule has 0 unspecified atom stereocenters. The van der Waals surface area contributed by atoms with Gasteiger partial charge in [-0.05, 0) is 42.3 Å². The Balaban J connectivity index is 1.84. The Bertz CT molecular complexity index is 1010. The predicted octanol–water partition coefficient (Wildman–Crippen LogP) is 3.51. The van der Waals surface area contributed by atoms with Crippen LogP contribution in [0.5, 0.6) is 0 Å². The van der Waals surface area contributed by atoms with Crippen LogP contribution in [0.3, 0.4) is 0 Å². The van der Waals surface area contributed by atoms with Crippen molar-refractivity contribution in [2.75, 3.05) is 11.6 Å². The molecule has 3 aromatic rings. The van der Waals surface area contributed by atoms with E-state index in [-0.39, 0.29) is 10.8 Å². The molecule has 0 saturated heterocycles. The van der Waals surface area contributed by atoms with Gasteiger partial charge < -0.3 is 0 Å². The van der Waals surface area contributed by atoms with E-state index in [2.05, 4.69) is 17.2 Å². The summed E-state index contributed by atoms with van der Waals surface area (Å²) in [6.45, 7) is 2.07. The predicted molar refractivity (Wildman–Crippen MR) is 96.5 cm³/mol. The highest BCUT2D eigenvalue weighted by atomic mass is 32.2. The zero-order chi connectivity index (χ0) is 17.3. The van der Waals surface area contributed by atoms with Crippen LogP contribution in [0.25, 0.3) is 10.2 Å². The molecule has 5 nitrogen and oxygen atoms in total. The number of para-hydroxylation sites is 1. The molecule has 0 radical (unpaired) electrons. The van der Waals surface area contributed by atoms with Gasteiger partial charge in [0.1, 0.15) is 0 Å². The first-order chi connectivity index (χ1) is 11.4. The summed E-state index contributed by atoms with van der Waals surface area (Å²) in [5, 5.41) is 3.31. The zero-order valence-electron chi connectivity index (χ0n) is 13.2. The Morgan fingerprint density at radius 3 is 2.50 bits per heavy atom. The molecule has 7 heteroatoms. The Hall–Kier alpha value is -2.25. The van der Waals surface area contributed by atoms with Crippen molar-refractivity contribution < 1.29 is 13.2 Å². The van der Waals surface area contributed by atoms with Gasteiger partial charge in [0.05, 0.1) is 15.1 Å². The fourth-order valence-corrected chi connectivity index (χ4v) is 3.91. The monoisotopic (exact) mass is 360 g/mol. The molecule has 0 spiro atoms. The number of rotatable bonds is 4. The summed E-state index contributed by atoms with van der Waals surface area (Å²) in [5.41, 5.74) is 2.44. The van der Waals surface area contributed by atoms with Crippen molar-refractivity contribution in [3.8, 4) is 0 Å². The van der Waals surface area contributed by atoms with E-state index in [0.29, 0.717) is 10.7 Å². The number of aryl methyl sites for hydroxylation is 1. The number of nitrogens with zero attached hydrogens (tertiary/aromatic N) is 1. The van der Waals surface area contributed by atoms with Crippen LogP contribution in [0.1, 0.15) is 22.8 Å². The van der Waals surface area contributed by atoms with Crippen LogP contribution in [0, 0.1) is 0 Å². The van der Waals surface area contributed by atoms with Gasteiger partial charge in [0.25, 0.3) is 5.91 Å². The number of nitrogens with one attached hydrogen (secondary N) is 1. The van der Waals surface area contributed by atoms with Gasteiger partial charge in [0.2, 0.25) is 0 Å². The van der Waals surface area contributed by atoms with Gasteiger partial charge in [-0.15, -0.1) is 0 Å². The van der Waals surface area contributed by atoms with Crippen LogP contribution in [0.4, 0.5) is 5.13 Å². The largest absolute Gasteiger partial charge is 0.298 e. The standard InChI is InChI=1S/C17H16N2O3S2/c1-3-11-5-4-6-14-15(11)18-17(23-14)19-16(20)12-7-9-13(10-8-12)24(2,21)22/h4-10H,3H2,1-2H3,(H,18,19,20). The molecule has 0 aliphatic rings. The number of carbonyl (C=O) groups excluding carboxylic acids is 1. The fourth-order valence-electron chi connectivity index (χ4n) is 2.37. The van der Waals surface area contributed by atoms with Gasteiger partial charge in [-0.25, -0.2) is 13.4 Å². The van der Waals surface area contributed by atoms with Crippen molar-refractivity contribution in [3.63, 3.8) is 0 Å². The smallest absolute Gasteiger partial charge is 0.257 e. The minimum absolute atomic E-state index is 0.187. The summed E-state index contributed by atoms with van der Waals surface area (Å²) in [4.78, 5) is 17.0. The van der Waals surface area contributed by atoms with E-state index < -0.39 is 9.84 Å². The Kier molecular flexibility index (Phi) is 4.38. The quantitative estimate of drug-likeness (QED) is 0.772. The molecule has 0 aliphatic carbocycles. The van der Waals surface area contributed by atoms with Crippen LogP contribution < -0.4 is 5.32 Å². The molecular weight excluding hydrogens is 344 g/mol. The molecule has 1 aromatic heterocycles. The van der Waals surface area contributed by atoms with Gasteiger partial charge in [-0.3, -0.25) is 10.1 Å². The second kappa shape index (κ2) is 6.33. The molecule has 124 valence electrons. The number of anilines is 1. The number of sulfone groups is 1. The van der Waals surface area contributed by atoms with Crippen molar-refractivity contribution in [2.45, 2.75) is 18.2 Å². The third-order valence-corrected chi connectivity index (χ3v) is 5.71. The van der Waals surface area contributed by atoms with Crippen LogP contribution in [-0.4, -0.2) is 25.6 Å². The third-order valence-electron chi connectivity index (χ3n) is 3.65. The Labute approximate surface area is 144 Å². The summed E-state index contributed by atoms with van der Waals surface area (Å²) in [6.07, 6.45) is 2.01. The normalized spacial score (nSPS) is 11.6. The molecule has 0 fully saturated rings. The summed E-state index contributed by atoms with van der Waals surface area (Å²) < 4.78 is 23.9. The number of hydrogen-bond donors (Lipinski definition) is 1. The lowest BCUT2D eigenvalue weighted by molar-refractivity contribution is 0.102. The summed E-state index contributed by atoms with van der Waals surface area (Å²) in [7, 11) is -3.27. The minimum Gasteiger partial charge on any atom is -0.298 e. The maximum atomic E-state index is 12.3. The number of amides is 1. The van der Waals surface area contributed by atoms with E-state index in [9.17, 15) is 13.2 Å². The van der Waals surface area contributed by atoms with Crippen LogP contribution in [-0.2, 0) is 16.3 Å². The van der Waals surface area contributed by atoms with E-state index in [4.69, 9.17) is 0 Å². The van der Waals surface area contributed by atoms with E-state index in [1.54, 1.807) is 0 Å². The number of fused-ring (bicyclic) bond motifs is 1. The molecule has 1 amide bonds. The maximum absolute atomic E-state index is 12.3. The lowest BCUT2D eigenvalue weighted by Crippen LogP contribution is -2.11. The first kappa shape index (κ1) is 16.6. The number of hydrogen-bond acceptors (Lipinski definition) is 5. The number of carbonyl (C=O) groups is 1. The molecule has 24 heavy (non-hydrogen) atoms. The van der Waals surface area contributed by atoms with Crippen LogP contribution in [0.15, 0.2) is 47.4 Å². The zero-order valence-corrected chi connectivity index (χ0v) is 14.9. The summed E-state index contributed by atoms with van der Waals surface area (Å²) in [5.74, 6) is -0.313. The molecule has 0 saturated carbocycles. The second-order valence-electron chi connectivity index (χ2n) is 5.39. The number of benzene rings is 2. The lowest BCUT2D eigenvalue weighted by atomic mass is 10.1. The SMILES string of the molecule is CCc1cccc2sc(NC(=O)c3ccc(S(C)(=O)=O)cc3)nc12. The van der Waals surface area contributed by atoms with E-state index in [1.165, 1.54) is 35.6 Å². The summed E-state index contributed by atoms with van der Waals surface area (Å²) in [6, 6.07) is 11.8. The second-order valence-corrected chi connectivity index (χ2v) is 8.43. The van der Waals surface area contributed by atoms with Crippen molar-refractivity contribution in [1.82, 2.24) is 4.98 Å². The molecule has 0 bridgehead atoms. The molecule has 0 aliphatic heterocycles. The molecule has 2 aromatic carbocycles. The van der Waals surface area contributed by atoms with Crippen molar-refractivity contribution >= 4 is 42.4 Å². The molecule has 1 N–H and O–H groups in total. The molecule has 3 rings (SSSR count). The first-order valence-electron chi connectivity index (χ1n) is 7.38. The summed E-state index contributed by atoms with van der Waals surface area (Å²) >= 11 is 1.42. The van der Waals surface area contributed by atoms with Crippen LogP contribution in [0.2, 0.25) is 0 Å². The van der Waals surface area contributed by atoms with Crippen molar-refractivity contribution in [2.24, 2.45) is 0 Å². The van der Waals surface area contributed by atoms with Gasteiger partial charge in [0.15, 0.2) is 15.0 Å². The third kappa shape index (κ3) is 3.32. The molecule has 1 heterocycles. The highest BCUT2D eigenvalue weighted by molar-refractivity contribution is 7.90. The number of thiazole rings is 1.